The first-order valence-corrected chi connectivity index (χ1v) is 10.9. The van der Waals surface area contributed by atoms with Crippen LogP contribution in [0.5, 0.6) is 0 Å². The minimum atomic E-state index is -0.857. The summed E-state index contributed by atoms with van der Waals surface area (Å²) in [5.74, 6) is -0.698. The van der Waals surface area contributed by atoms with Crippen LogP contribution < -0.4 is 5.73 Å². The van der Waals surface area contributed by atoms with Crippen molar-refractivity contribution in [3.63, 3.8) is 0 Å². The second kappa shape index (κ2) is 9.35. The Morgan fingerprint density at radius 2 is 1.56 bits per heavy atom. The number of hydrogen-bond acceptors (Lipinski definition) is 2. The van der Waals surface area contributed by atoms with Crippen molar-refractivity contribution in [1.29, 1.82) is 0 Å². The lowest BCUT2D eigenvalue weighted by Crippen LogP contribution is -2.42. The molecule has 0 bridgehead atoms. The third-order valence-corrected chi connectivity index (χ3v) is 6.41. The molecule has 2 N–H and O–H groups in total. The molecule has 3 aromatic rings. The van der Waals surface area contributed by atoms with E-state index in [2.05, 4.69) is 0 Å². The minimum Gasteiger partial charge on any atom is -0.369 e. The Hall–Kier alpha value is -3.47. The van der Waals surface area contributed by atoms with Crippen molar-refractivity contribution < 1.29 is 14.0 Å². The van der Waals surface area contributed by atoms with Crippen molar-refractivity contribution in [1.82, 2.24) is 4.90 Å². The summed E-state index contributed by atoms with van der Waals surface area (Å²) < 4.78 is 14.5. The van der Waals surface area contributed by atoms with Crippen LogP contribution in [-0.2, 0) is 22.4 Å². The molecule has 0 aliphatic carbocycles. The van der Waals surface area contributed by atoms with Gasteiger partial charge in [0, 0.05) is 25.1 Å². The topological polar surface area (TPSA) is 63.4 Å². The van der Waals surface area contributed by atoms with Crippen LogP contribution in [0, 0.1) is 11.2 Å². The average Bonchev–Trinajstić information content (AvgIpc) is 3.25. The van der Waals surface area contributed by atoms with E-state index >= 15 is 0 Å². The number of rotatable bonds is 7. The second-order valence-corrected chi connectivity index (χ2v) is 8.51. The standard InChI is InChI=1S/C27H27FN2O2/c28-24-13-7-6-12-23(24)22-11-5-4-10-21(22)18-27(26(29)32)16-17-30(19-27)25(31)15-14-20-8-2-1-3-9-20/h1-13H,14-19H2,(H2,29,32). The maximum Gasteiger partial charge on any atom is 0.225 e. The quantitative estimate of drug-likeness (QED) is 0.605. The van der Waals surface area contributed by atoms with Gasteiger partial charge in [0.15, 0.2) is 0 Å². The van der Waals surface area contributed by atoms with E-state index in [1.807, 2.05) is 54.6 Å². The Kier molecular flexibility index (Phi) is 6.35. The van der Waals surface area contributed by atoms with Crippen LogP contribution in [0.4, 0.5) is 4.39 Å². The van der Waals surface area contributed by atoms with E-state index in [-0.39, 0.29) is 11.7 Å². The lowest BCUT2D eigenvalue weighted by atomic mass is 9.78. The molecule has 1 atom stereocenters. The summed E-state index contributed by atoms with van der Waals surface area (Å²) >= 11 is 0. The van der Waals surface area contributed by atoms with Gasteiger partial charge in [0.25, 0.3) is 0 Å². The Morgan fingerprint density at radius 3 is 2.28 bits per heavy atom. The molecule has 4 nitrogen and oxygen atoms in total. The van der Waals surface area contributed by atoms with Crippen molar-refractivity contribution in [2.24, 2.45) is 11.1 Å². The molecule has 164 valence electrons. The predicted octanol–water partition coefficient (Wildman–Crippen LogP) is 4.37. The van der Waals surface area contributed by atoms with Crippen LogP contribution in [0.2, 0.25) is 0 Å². The molecule has 0 radical (unpaired) electrons. The highest BCUT2D eigenvalue weighted by Crippen LogP contribution is 2.37. The van der Waals surface area contributed by atoms with Crippen molar-refractivity contribution in [2.75, 3.05) is 13.1 Å². The van der Waals surface area contributed by atoms with E-state index in [9.17, 15) is 14.0 Å². The number of nitrogens with zero attached hydrogens (tertiary/aromatic N) is 1. The Labute approximate surface area is 187 Å². The van der Waals surface area contributed by atoms with Crippen LogP contribution >= 0.6 is 0 Å². The predicted molar refractivity (Wildman–Crippen MR) is 123 cm³/mol. The van der Waals surface area contributed by atoms with Crippen LogP contribution in [0.15, 0.2) is 78.9 Å². The Balaban J connectivity index is 1.52. The summed E-state index contributed by atoms with van der Waals surface area (Å²) in [5, 5.41) is 0. The summed E-state index contributed by atoms with van der Waals surface area (Å²) in [6.07, 6.45) is 1.93. The van der Waals surface area contributed by atoms with Gasteiger partial charge in [-0.1, -0.05) is 72.8 Å². The molecule has 2 amide bonds. The number of halogens is 1. The maximum atomic E-state index is 14.5. The fourth-order valence-corrected chi connectivity index (χ4v) is 4.55. The molecule has 1 unspecified atom stereocenters. The lowest BCUT2D eigenvalue weighted by molar-refractivity contribution is -0.132. The SMILES string of the molecule is NC(=O)C1(Cc2ccccc2-c2ccccc2F)CCN(C(=O)CCc2ccccc2)C1. The van der Waals surface area contributed by atoms with Crippen molar-refractivity contribution in [3.8, 4) is 11.1 Å². The third-order valence-electron chi connectivity index (χ3n) is 6.41. The number of aryl methyl sites for hydroxylation is 1. The van der Waals surface area contributed by atoms with E-state index in [0.717, 1.165) is 16.7 Å². The van der Waals surface area contributed by atoms with Crippen LogP contribution in [0.25, 0.3) is 11.1 Å². The molecular weight excluding hydrogens is 403 g/mol. The molecule has 0 aromatic heterocycles. The summed E-state index contributed by atoms with van der Waals surface area (Å²) in [6.45, 7) is 0.792. The molecule has 0 spiro atoms. The van der Waals surface area contributed by atoms with Crippen LogP contribution in [-0.4, -0.2) is 29.8 Å². The highest BCUT2D eigenvalue weighted by Gasteiger charge is 2.45. The van der Waals surface area contributed by atoms with E-state index < -0.39 is 11.3 Å². The number of carbonyl (C=O) groups is 2. The van der Waals surface area contributed by atoms with Gasteiger partial charge in [-0.05, 0) is 42.0 Å². The molecule has 1 aliphatic rings. The zero-order chi connectivity index (χ0) is 22.6. The summed E-state index contributed by atoms with van der Waals surface area (Å²) in [7, 11) is 0. The van der Waals surface area contributed by atoms with Gasteiger partial charge in [-0.25, -0.2) is 4.39 Å². The Bertz CT molecular complexity index is 1120. The van der Waals surface area contributed by atoms with Crippen LogP contribution in [0.3, 0.4) is 0 Å². The number of primary amides is 1. The second-order valence-electron chi connectivity index (χ2n) is 8.51. The van der Waals surface area contributed by atoms with Gasteiger partial charge in [-0.15, -0.1) is 0 Å². The number of nitrogens with two attached hydrogens (primary N) is 1. The lowest BCUT2D eigenvalue weighted by Gasteiger charge is -2.27. The first-order valence-electron chi connectivity index (χ1n) is 10.9. The molecule has 5 heteroatoms. The molecule has 1 aliphatic heterocycles. The van der Waals surface area contributed by atoms with Gasteiger partial charge in [-0.3, -0.25) is 9.59 Å². The largest absolute Gasteiger partial charge is 0.369 e. The normalized spacial score (nSPS) is 18.0. The third kappa shape index (κ3) is 4.57. The molecule has 1 heterocycles. The summed E-state index contributed by atoms with van der Waals surface area (Å²) in [6, 6.07) is 24.0. The smallest absolute Gasteiger partial charge is 0.225 e. The molecule has 0 saturated carbocycles. The Morgan fingerprint density at radius 1 is 0.906 bits per heavy atom. The van der Waals surface area contributed by atoms with Gasteiger partial charge < -0.3 is 10.6 Å². The van der Waals surface area contributed by atoms with Gasteiger partial charge in [0.1, 0.15) is 5.82 Å². The van der Waals surface area contributed by atoms with E-state index in [4.69, 9.17) is 5.73 Å². The summed E-state index contributed by atoms with van der Waals surface area (Å²) in [5.41, 5.74) is 8.23. The maximum absolute atomic E-state index is 14.5. The van der Waals surface area contributed by atoms with Gasteiger partial charge in [0.05, 0.1) is 5.41 Å². The molecular formula is C27H27FN2O2. The van der Waals surface area contributed by atoms with Gasteiger partial charge >= 0.3 is 0 Å². The monoisotopic (exact) mass is 430 g/mol. The fourth-order valence-electron chi connectivity index (χ4n) is 4.55. The number of benzene rings is 3. The van der Waals surface area contributed by atoms with E-state index in [1.54, 1.807) is 23.1 Å². The fraction of sp³-hybridized carbons (Fsp3) is 0.259. The molecule has 3 aromatic carbocycles. The van der Waals surface area contributed by atoms with Crippen molar-refractivity contribution >= 4 is 11.8 Å². The van der Waals surface area contributed by atoms with Gasteiger partial charge in [0.2, 0.25) is 11.8 Å². The summed E-state index contributed by atoms with van der Waals surface area (Å²) in [4.78, 5) is 27.2. The first-order chi connectivity index (χ1) is 15.5. The van der Waals surface area contributed by atoms with Crippen LogP contribution in [0.1, 0.15) is 24.0 Å². The number of hydrogen-bond donors (Lipinski definition) is 1. The number of amides is 2. The zero-order valence-electron chi connectivity index (χ0n) is 18.0. The first kappa shape index (κ1) is 21.8. The molecule has 32 heavy (non-hydrogen) atoms. The van der Waals surface area contributed by atoms with Gasteiger partial charge in [-0.2, -0.15) is 0 Å². The molecule has 1 saturated heterocycles. The number of carbonyl (C=O) groups excluding carboxylic acids is 2. The zero-order valence-corrected chi connectivity index (χ0v) is 18.0. The highest BCUT2D eigenvalue weighted by molar-refractivity contribution is 5.85. The molecule has 1 fully saturated rings. The molecule has 4 rings (SSSR count). The van der Waals surface area contributed by atoms with Crippen molar-refractivity contribution in [2.45, 2.75) is 25.7 Å². The highest BCUT2D eigenvalue weighted by atomic mass is 19.1. The van der Waals surface area contributed by atoms with E-state index in [1.165, 1.54) is 6.07 Å². The minimum absolute atomic E-state index is 0.0272. The number of likely N-dealkylation sites (tertiary alicyclic amines) is 1. The van der Waals surface area contributed by atoms with Crippen molar-refractivity contribution in [3.05, 3.63) is 95.8 Å². The van der Waals surface area contributed by atoms with E-state index in [0.29, 0.717) is 44.3 Å². The average molecular weight is 431 g/mol.